The summed E-state index contributed by atoms with van der Waals surface area (Å²) in [5.74, 6) is -0.553. The second kappa shape index (κ2) is 45.4. The number of esters is 1. The highest BCUT2D eigenvalue weighted by atomic mass is 16.5. The minimum Gasteiger partial charge on any atom is -0.462 e. The maximum absolute atomic E-state index is 13.1. The molecule has 0 aromatic heterocycles. The van der Waals surface area contributed by atoms with Gasteiger partial charge in [-0.25, -0.2) is 0 Å². The van der Waals surface area contributed by atoms with E-state index in [1.807, 2.05) is 60.8 Å². The van der Waals surface area contributed by atoms with Gasteiger partial charge in [0.2, 0.25) is 5.91 Å². The summed E-state index contributed by atoms with van der Waals surface area (Å²) < 4.78 is 5.86. The van der Waals surface area contributed by atoms with Crippen molar-refractivity contribution in [1.82, 2.24) is 5.32 Å². The van der Waals surface area contributed by atoms with Crippen LogP contribution in [0.25, 0.3) is 0 Å². The first kappa shape index (κ1) is 55.3. The van der Waals surface area contributed by atoms with Crippen LogP contribution in [0.4, 0.5) is 0 Å². The molecule has 0 aliphatic rings. The summed E-state index contributed by atoms with van der Waals surface area (Å²) in [6, 6.07) is -0.726. The number of allylic oxidation sites excluding steroid dienone is 12. The Hall–Kier alpha value is -2.70. The minimum atomic E-state index is -0.808. The Labute approximate surface area is 358 Å². The van der Waals surface area contributed by atoms with Gasteiger partial charge in [0.1, 0.15) is 6.10 Å². The number of nitrogens with one attached hydrogen (secondary N) is 1. The first-order valence-electron chi connectivity index (χ1n) is 24.2. The van der Waals surface area contributed by atoms with E-state index < -0.39 is 18.2 Å². The van der Waals surface area contributed by atoms with Gasteiger partial charge in [0.15, 0.2) is 0 Å². The summed E-state index contributed by atoms with van der Waals surface area (Å²) in [5.41, 5.74) is 0. The average Bonchev–Trinajstić information content (AvgIpc) is 3.22. The molecule has 1 amide bonds. The van der Waals surface area contributed by atoms with Crippen LogP contribution in [0, 0.1) is 0 Å². The number of unbranched alkanes of at least 4 members (excludes halogenated alkanes) is 23. The zero-order chi connectivity index (χ0) is 42.4. The zero-order valence-electron chi connectivity index (χ0n) is 37.9. The van der Waals surface area contributed by atoms with Crippen molar-refractivity contribution in [2.24, 2.45) is 0 Å². The standard InChI is InChI=1S/C52H91NO5/c1-4-7-10-13-16-19-21-23-25-27-29-32-34-37-40-43-48(58-52(57)45-42-39-36-31-18-15-12-9-6-3)46-51(56)53-49(47-54)50(55)44-41-38-35-33-30-28-26-24-22-20-17-14-11-8-5-2/h7,10,13,16,19,21,23,25,27,29,32,34,48-50,54-55H,4-6,8-9,11-12,14-15,17-18,20,22,24,26,28,30-31,33,35-47H2,1-3H3,(H,53,56)/b10-7-,16-13+,21-19+,25-23-,29-27+,34-32+. The molecular weight excluding hydrogens is 719 g/mol. The molecule has 0 bridgehead atoms. The Bertz CT molecular complexity index is 1090. The van der Waals surface area contributed by atoms with E-state index in [1.54, 1.807) is 0 Å². The fourth-order valence-corrected chi connectivity index (χ4v) is 7.06. The second-order valence-electron chi connectivity index (χ2n) is 16.3. The summed E-state index contributed by atoms with van der Waals surface area (Å²) in [6.45, 7) is 6.29. The van der Waals surface area contributed by atoms with Crippen molar-refractivity contribution in [3.63, 3.8) is 0 Å². The predicted molar refractivity (Wildman–Crippen MR) is 250 cm³/mol. The lowest BCUT2D eigenvalue weighted by Gasteiger charge is -2.24. The largest absolute Gasteiger partial charge is 0.462 e. The van der Waals surface area contributed by atoms with Crippen LogP contribution in [0.2, 0.25) is 0 Å². The van der Waals surface area contributed by atoms with E-state index >= 15 is 0 Å². The molecular formula is C52H91NO5. The number of aliphatic hydroxyl groups is 2. The van der Waals surface area contributed by atoms with Crippen LogP contribution in [-0.2, 0) is 14.3 Å². The van der Waals surface area contributed by atoms with Crippen LogP contribution < -0.4 is 5.32 Å². The maximum atomic E-state index is 13.1. The monoisotopic (exact) mass is 810 g/mol. The van der Waals surface area contributed by atoms with Crippen molar-refractivity contribution < 1.29 is 24.5 Å². The van der Waals surface area contributed by atoms with Gasteiger partial charge in [-0.1, -0.05) is 241 Å². The lowest BCUT2D eigenvalue weighted by atomic mass is 10.0. The molecule has 334 valence electrons. The number of hydrogen-bond acceptors (Lipinski definition) is 5. The molecule has 58 heavy (non-hydrogen) atoms. The van der Waals surface area contributed by atoms with Crippen molar-refractivity contribution in [2.75, 3.05) is 6.61 Å². The van der Waals surface area contributed by atoms with E-state index in [-0.39, 0.29) is 24.9 Å². The zero-order valence-corrected chi connectivity index (χ0v) is 37.9. The molecule has 0 rings (SSSR count). The molecule has 0 heterocycles. The van der Waals surface area contributed by atoms with Gasteiger partial charge in [-0.2, -0.15) is 0 Å². The number of ether oxygens (including phenoxy) is 1. The van der Waals surface area contributed by atoms with Gasteiger partial charge in [-0.15, -0.1) is 0 Å². The summed E-state index contributed by atoms with van der Waals surface area (Å²) in [4.78, 5) is 26.0. The van der Waals surface area contributed by atoms with Crippen LogP contribution in [-0.4, -0.2) is 46.9 Å². The molecule has 0 aliphatic heterocycles. The molecule has 0 saturated heterocycles. The number of carbonyl (C=O) groups is 2. The van der Waals surface area contributed by atoms with Crippen molar-refractivity contribution in [1.29, 1.82) is 0 Å². The number of aliphatic hydroxyl groups excluding tert-OH is 2. The van der Waals surface area contributed by atoms with E-state index in [0.29, 0.717) is 19.3 Å². The lowest BCUT2D eigenvalue weighted by molar-refractivity contribution is -0.151. The molecule has 0 radical (unpaired) electrons. The maximum Gasteiger partial charge on any atom is 0.306 e. The van der Waals surface area contributed by atoms with Gasteiger partial charge >= 0.3 is 5.97 Å². The molecule has 3 N–H and O–H groups in total. The Morgan fingerprint density at radius 1 is 0.517 bits per heavy atom. The van der Waals surface area contributed by atoms with Crippen LogP contribution in [0.5, 0.6) is 0 Å². The molecule has 0 aliphatic carbocycles. The smallest absolute Gasteiger partial charge is 0.306 e. The van der Waals surface area contributed by atoms with Crippen molar-refractivity contribution in [2.45, 2.75) is 238 Å². The summed E-state index contributed by atoms with van der Waals surface area (Å²) in [6.07, 6.45) is 56.8. The van der Waals surface area contributed by atoms with Crippen molar-refractivity contribution in [3.05, 3.63) is 72.9 Å². The van der Waals surface area contributed by atoms with Gasteiger partial charge in [0, 0.05) is 6.42 Å². The first-order chi connectivity index (χ1) is 28.5. The Balaban J connectivity index is 4.67. The number of amides is 1. The minimum absolute atomic E-state index is 0.0255. The molecule has 3 atom stereocenters. The lowest BCUT2D eigenvalue weighted by Crippen LogP contribution is -2.46. The number of rotatable bonds is 42. The van der Waals surface area contributed by atoms with Crippen LogP contribution in [0.1, 0.15) is 220 Å². The van der Waals surface area contributed by atoms with Gasteiger partial charge in [-0.3, -0.25) is 9.59 Å². The molecule has 0 fully saturated rings. The molecule has 0 aromatic rings. The summed E-state index contributed by atoms with van der Waals surface area (Å²) in [5, 5.41) is 23.7. The molecule has 6 heteroatoms. The molecule has 3 unspecified atom stereocenters. The topological polar surface area (TPSA) is 95.9 Å². The van der Waals surface area contributed by atoms with E-state index in [2.05, 4.69) is 38.2 Å². The first-order valence-corrected chi connectivity index (χ1v) is 24.2. The second-order valence-corrected chi connectivity index (χ2v) is 16.3. The fourth-order valence-electron chi connectivity index (χ4n) is 7.06. The van der Waals surface area contributed by atoms with Gasteiger partial charge in [0.05, 0.1) is 25.2 Å². The highest BCUT2D eigenvalue weighted by molar-refractivity contribution is 5.77. The molecule has 0 aromatic carbocycles. The summed E-state index contributed by atoms with van der Waals surface area (Å²) >= 11 is 0. The van der Waals surface area contributed by atoms with E-state index in [9.17, 15) is 19.8 Å². The van der Waals surface area contributed by atoms with Crippen LogP contribution in [0.15, 0.2) is 72.9 Å². The van der Waals surface area contributed by atoms with E-state index in [4.69, 9.17) is 4.74 Å². The predicted octanol–water partition coefficient (Wildman–Crippen LogP) is 14.2. The van der Waals surface area contributed by atoms with Crippen LogP contribution >= 0.6 is 0 Å². The van der Waals surface area contributed by atoms with Gasteiger partial charge in [-0.05, 0) is 38.5 Å². The highest BCUT2D eigenvalue weighted by Gasteiger charge is 2.24. The van der Waals surface area contributed by atoms with Crippen molar-refractivity contribution >= 4 is 11.9 Å². The third-order valence-corrected chi connectivity index (χ3v) is 10.7. The fraction of sp³-hybridized carbons (Fsp3) is 0.731. The Morgan fingerprint density at radius 2 is 0.931 bits per heavy atom. The van der Waals surface area contributed by atoms with Crippen LogP contribution in [0.3, 0.4) is 0 Å². The highest BCUT2D eigenvalue weighted by Crippen LogP contribution is 2.17. The quantitative estimate of drug-likeness (QED) is 0.0324. The Morgan fingerprint density at radius 3 is 1.38 bits per heavy atom. The average molecular weight is 810 g/mol. The number of carbonyl (C=O) groups excluding carboxylic acids is 2. The van der Waals surface area contributed by atoms with Gasteiger partial charge in [0.25, 0.3) is 0 Å². The third kappa shape index (κ3) is 40.1. The number of hydrogen-bond donors (Lipinski definition) is 3. The molecule has 6 nitrogen and oxygen atoms in total. The van der Waals surface area contributed by atoms with Gasteiger partial charge < -0.3 is 20.3 Å². The van der Waals surface area contributed by atoms with E-state index in [0.717, 1.165) is 57.8 Å². The third-order valence-electron chi connectivity index (χ3n) is 10.7. The molecule has 0 spiro atoms. The van der Waals surface area contributed by atoms with Crippen molar-refractivity contribution in [3.8, 4) is 0 Å². The SMILES string of the molecule is CC\C=C/C=C/C=C/C=C\C=C\C=C\CCCC(CC(=O)NC(CO)C(O)CCCCCCCCCCCCCCCCC)OC(=O)CCCCCCCCCCC. The Kier molecular flexibility index (Phi) is 43.3. The normalized spacial score (nSPS) is 13.9. The molecule has 0 saturated carbocycles. The summed E-state index contributed by atoms with van der Waals surface area (Å²) in [7, 11) is 0. The van der Waals surface area contributed by atoms with E-state index in [1.165, 1.54) is 116 Å².